The van der Waals surface area contributed by atoms with Gasteiger partial charge in [-0.3, -0.25) is 0 Å². The van der Waals surface area contributed by atoms with Crippen molar-refractivity contribution in [2.45, 2.75) is 39.7 Å². The molecule has 0 bridgehead atoms. The van der Waals surface area contributed by atoms with E-state index in [1.165, 1.54) is 0 Å². The summed E-state index contributed by atoms with van der Waals surface area (Å²) in [7, 11) is 1.97. The molecule has 1 saturated carbocycles. The van der Waals surface area contributed by atoms with Crippen LogP contribution in [0.25, 0.3) is 0 Å². The highest BCUT2D eigenvalue weighted by Crippen LogP contribution is 2.29. The zero-order valence-electron chi connectivity index (χ0n) is 8.59. The second kappa shape index (κ2) is 6.02. The third kappa shape index (κ3) is 2.83. The van der Waals surface area contributed by atoms with E-state index in [1.807, 2.05) is 20.9 Å². The van der Waals surface area contributed by atoms with E-state index in [-0.39, 0.29) is 0 Å². The van der Waals surface area contributed by atoms with Crippen LogP contribution in [0, 0.1) is 23.2 Å². The van der Waals surface area contributed by atoms with Gasteiger partial charge in [0.25, 0.3) is 0 Å². The average Bonchev–Trinajstić information content (AvgIpc) is 2.49. The summed E-state index contributed by atoms with van der Waals surface area (Å²) >= 11 is 0. The number of rotatable bonds is 1. The molecule has 1 aliphatic rings. The Morgan fingerprint density at radius 1 is 1.33 bits per heavy atom. The lowest BCUT2D eigenvalue weighted by molar-refractivity contribution is 0.459. The van der Waals surface area contributed by atoms with E-state index < -0.39 is 0 Å². The smallest absolute Gasteiger partial charge is 0.0656 e. The molecule has 70 valence electrons. The molecule has 0 aliphatic heterocycles. The summed E-state index contributed by atoms with van der Waals surface area (Å²) in [5, 5.41) is 11.8. The Morgan fingerprint density at radius 2 is 1.92 bits per heavy atom. The fraction of sp³-hybridized carbons (Fsp3) is 0.900. The predicted molar refractivity (Wildman–Crippen MR) is 51.7 cm³/mol. The number of nitrogens with zero attached hydrogens (tertiary/aromatic N) is 1. The zero-order chi connectivity index (χ0) is 9.56. The van der Waals surface area contributed by atoms with Crippen LogP contribution in [0.2, 0.25) is 0 Å². The highest BCUT2D eigenvalue weighted by Gasteiger charge is 2.29. The third-order valence-corrected chi connectivity index (χ3v) is 2.44. The van der Waals surface area contributed by atoms with E-state index in [1.54, 1.807) is 0 Å². The van der Waals surface area contributed by atoms with Crippen molar-refractivity contribution in [2.75, 3.05) is 7.05 Å². The highest BCUT2D eigenvalue weighted by atomic mass is 14.9. The fourth-order valence-corrected chi connectivity index (χ4v) is 1.76. The number of hydrogen-bond acceptors (Lipinski definition) is 2. The van der Waals surface area contributed by atoms with E-state index >= 15 is 0 Å². The number of hydrogen-bond donors (Lipinski definition) is 1. The molecule has 0 amide bonds. The lowest BCUT2D eigenvalue weighted by Gasteiger charge is -2.12. The van der Waals surface area contributed by atoms with E-state index in [4.69, 9.17) is 5.26 Å². The minimum atomic E-state index is 0.299. The van der Waals surface area contributed by atoms with Crippen molar-refractivity contribution in [3.63, 3.8) is 0 Å². The Kier molecular flexibility index (Phi) is 5.74. The van der Waals surface area contributed by atoms with Crippen molar-refractivity contribution in [2.24, 2.45) is 11.8 Å². The Morgan fingerprint density at radius 3 is 2.17 bits per heavy atom. The molecule has 1 rings (SSSR count). The van der Waals surface area contributed by atoms with Crippen molar-refractivity contribution in [3.05, 3.63) is 0 Å². The number of nitrogens with one attached hydrogen (secondary N) is 1. The van der Waals surface area contributed by atoms with Gasteiger partial charge < -0.3 is 5.32 Å². The Bertz CT molecular complexity index is 148. The summed E-state index contributed by atoms with van der Waals surface area (Å²) in [5.41, 5.74) is 0. The van der Waals surface area contributed by atoms with Gasteiger partial charge in [0.15, 0.2) is 0 Å². The molecule has 1 aliphatic carbocycles. The van der Waals surface area contributed by atoms with Crippen molar-refractivity contribution in [1.29, 1.82) is 5.26 Å². The van der Waals surface area contributed by atoms with Crippen molar-refractivity contribution < 1.29 is 0 Å². The van der Waals surface area contributed by atoms with Gasteiger partial charge in [0.05, 0.1) is 6.07 Å². The standard InChI is InChI=1S/C8H14N2.C2H6/c1-6-3-7(5-9)4-8(6)10-2;1-2/h6-8,10H,3-4H2,1-2H3;1-2H3. The Balaban J connectivity index is 0.000000561. The minimum absolute atomic E-state index is 0.299. The van der Waals surface area contributed by atoms with Crippen molar-refractivity contribution >= 4 is 0 Å². The average molecular weight is 168 g/mol. The summed E-state index contributed by atoms with van der Waals surface area (Å²) in [6, 6.07) is 2.89. The van der Waals surface area contributed by atoms with Crippen LogP contribution < -0.4 is 5.32 Å². The van der Waals surface area contributed by atoms with Gasteiger partial charge >= 0.3 is 0 Å². The molecule has 1 fully saturated rings. The van der Waals surface area contributed by atoms with Crippen LogP contribution >= 0.6 is 0 Å². The van der Waals surface area contributed by atoms with E-state index in [0.29, 0.717) is 17.9 Å². The minimum Gasteiger partial charge on any atom is -0.317 e. The van der Waals surface area contributed by atoms with Crippen molar-refractivity contribution in [1.82, 2.24) is 5.32 Å². The molecule has 0 aromatic carbocycles. The monoisotopic (exact) mass is 168 g/mol. The first kappa shape index (κ1) is 11.4. The SMILES string of the molecule is CC.CNC1CC(C#N)CC1C. The molecule has 0 spiro atoms. The molecule has 0 aromatic rings. The molecule has 0 aromatic heterocycles. The van der Waals surface area contributed by atoms with E-state index in [0.717, 1.165) is 12.8 Å². The van der Waals surface area contributed by atoms with Gasteiger partial charge in [0, 0.05) is 12.0 Å². The first-order chi connectivity index (χ1) is 5.77. The summed E-state index contributed by atoms with van der Waals surface area (Å²) in [6.45, 7) is 6.21. The van der Waals surface area contributed by atoms with Gasteiger partial charge in [-0.15, -0.1) is 0 Å². The second-order valence-electron chi connectivity index (χ2n) is 3.17. The first-order valence-electron chi connectivity index (χ1n) is 4.84. The topological polar surface area (TPSA) is 35.8 Å². The van der Waals surface area contributed by atoms with Gasteiger partial charge in [-0.05, 0) is 25.8 Å². The maximum atomic E-state index is 8.62. The third-order valence-electron chi connectivity index (χ3n) is 2.44. The number of nitriles is 1. The van der Waals surface area contributed by atoms with Gasteiger partial charge in [0.1, 0.15) is 0 Å². The maximum absolute atomic E-state index is 8.62. The molecule has 3 atom stereocenters. The molecule has 0 heterocycles. The van der Waals surface area contributed by atoms with Crippen LogP contribution in [0.5, 0.6) is 0 Å². The summed E-state index contributed by atoms with van der Waals surface area (Å²) < 4.78 is 0. The quantitative estimate of drug-likeness (QED) is 0.651. The van der Waals surface area contributed by atoms with Crippen LogP contribution in [-0.4, -0.2) is 13.1 Å². The van der Waals surface area contributed by atoms with Crippen LogP contribution in [0.1, 0.15) is 33.6 Å². The molecule has 0 radical (unpaired) electrons. The summed E-state index contributed by atoms with van der Waals surface area (Å²) in [5.74, 6) is 0.974. The molecule has 2 heteroatoms. The van der Waals surface area contributed by atoms with E-state index in [9.17, 15) is 0 Å². The molecule has 3 unspecified atom stereocenters. The summed E-state index contributed by atoms with van der Waals surface area (Å²) in [6.07, 6.45) is 2.11. The van der Waals surface area contributed by atoms with Crippen LogP contribution in [0.4, 0.5) is 0 Å². The molecular weight excluding hydrogens is 148 g/mol. The second-order valence-corrected chi connectivity index (χ2v) is 3.17. The van der Waals surface area contributed by atoms with Crippen LogP contribution in [0.3, 0.4) is 0 Å². The Hall–Kier alpha value is -0.550. The molecular formula is C10H20N2. The van der Waals surface area contributed by atoms with Gasteiger partial charge in [-0.1, -0.05) is 20.8 Å². The molecule has 0 saturated heterocycles. The Labute approximate surface area is 76.0 Å². The highest BCUT2D eigenvalue weighted by molar-refractivity contribution is 4.95. The first-order valence-corrected chi connectivity index (χ1v) is 4.84. The van der Waals surface area contributed by atoms with Crippen molar-refractivity contribution in [3.8, 4) is 6.07 Å². The molecule has 12 heavy (non-hydrogen) atoms. The van der Waals surface area contributed by atoms with Crippen LogP contribution in [-0.2, 0) is 0 Å². The maximum Gasteiger partial charge on any atom is 0.0656 e. The predicted octanol–water partition coefficient (Wildman–Crippen LogP) is 2.17. The molecule has 2 nitrogen and oxygen atoms in total. The van der Waals surface area contributed by atoms with Gasteiger partial charge in [-0.2, -0.15) is 5.26 Å². The fourth-order valence-electron chi connectivity index (χ4n) is 1.76. The van der Waals surface area contributed by atoms with Gasteiger partial charge in [-0.25, -0.2) is 0 Å². The van der Waals surface area contributed by atoms with Crippen LogP contribution in [0.15, 0.2) is 0 Å². The largest absolute Gasteiger partial charge is 0.317 e. The zero-order valence-corrected chi connectivity index (χ0v) is 8.59. The van der Waals surface area contributed by atoms with Gasteiger partial charge in [0.2, 0.25) is 0 Å². The summed E-state index contributed by atoms with van der Waals surface area (Å²) in [4.78, 5) is 0. The van der Waals surface area contributed by atoms with E-state index in [2.05, 4.69) is 18.3 Å². The normalized spacial score (nSPS) is 33.4. The molecule has 1 N–H and O–H groups in total. The lowest BCUT2D eigenvalue weighted by Crippen LogP contribution is -2.27. The lowest BCUT2D eigenvalue weighted by atomic mass is 10.1.